The lowest BCUT2D eigenvalue weighted by atomic mass is 10.1. The van der Waals surface area contributed by atoms with E-state index in [1.54, 1.807) is 18.2 Å². The van der Waals surface area contributed by atoms with E-state index in [2.05, 4.69) is 16.9 Å². The van der Waals surface area contributed by atoms with Gasteiger partial charge in [-0.15, -0.1) is 0 Å². The molecule has 0 amide bonds. The van der Waals surface area contributed by atoms with E-state index in [4.69, 9.17) is 9.47 Å². The maximum atomic E-state index is 12.7. The zero-order valence-electron chi connectivity index (χ0n) is 12.9. The van der Waals surface area contributed by atoms with E-state index < -0.39 is 10.0 Å². The van der Waals surface area contributed by atoms with Gasteiger partial charge in [0.15, 0.2) is 11.5 Å². The van der Waals surface area contributed by atoms with Gasteiger partial charge in [0, 0.05) is 18.0 Å². The molecule has 5 nitrogen and oxygen atoms in total. The van der Waals surface area contributed by atoms with E-state index in [9.17, 15) is 8.42 Å². The Hall–Kier alpha value is -2.05. The van der Waals surface area contributed by atoms with Crippen molar-refractivity contribution in [3.8, 4) is 11.5 Å². The Labute approximate surface area is 140 Å². The van der Waals surface area contributed by atoms with Gasteiger partial charge in [0.25, 0.3) is 0 Å². The van der Waals surface area contributed by atoms with Gasteiger partial charge in [-0.25, -0.2) is 13.1 Å². The molecule has 0 spiro atoms. The molecule has 124 valence electrons. The van der Waals surface area contributed by atoms with Crippen LogP contribution in [0.2, 0.25) is 0 Å². The van der Waals surface area contributed by atoms with E-state index in [1.165, 1.54) is 11.1 Å². The summed E-state index contributed by atoms with van der Waals surface area (Å²) in [6, 6.07) is 13.1. The van der Waals surface area contributed by atoms with Gasteiger partial charge < -0.3 is 9.47 Å². The molecule has 0 aromatic heterocycles. The van der Waals surface area contributed by atoms with Crippen molar-refractivity contribution in [1.29, 1.82) is 0 Å². The highest BCUT2D eigenvalue weighted by Crippen LogP contribution is 2.56. The van der Waals surface area contributed by atoms with Gasteiger partial charge in [0.05, 0.1) is 4.90 Å². The van der Waals surface area contributed by atoms with Gasteiger partial charge in [-0.2, -0.15) is 0 Å². The van der Waals surface area contributed by atoms with Crippen LogP contribution in [-0.2, 0) is 16.4 Å². The summed E-state index contributed by atoms with van der Waals surface area (Å²) in [4.78, 5) is 0.227. The van der Waals surface area contributed by atoms with Crippen molar-refractivity contribution < 1.29 is 17.9 Å². The Kier molecular flexibility index (Phi) is 2.96. The number of benzene rings is 2. The Bertz CT molecular complexity index is 924. The van der Waals surface area contributed by atoms with Crippen LogP contribution in [0.4, 0.5) is 0 Å². The molecule has 3 unspecified atom stereocenters. The van der Waals surface area contributed by atoms with Gasteiger partial charge in [0.2, 0.25) is 10.0 Å². The summed E-state index contributed by atoms with van der Waals surface area (Å²) in [5.41, 5.74) is 2.64. The van der Waals surface area contributed by atoms with Crippen molar-refractivity contribution in [1.82, 2.24) is 4.72 Å². The van der Waals surface area contributed by atoms with Gasteiger partial charge in [-0.3, -0.25) is 0 Å². The Balaban J connectivity index is 1.39. The number of sulfonamides is 1. The molecule has 5 rings (SSSR count). The molecule has 6 heteroatoms. The fraction of sp³-hybridized carbons (Fsp3) is 0.333. The van der Waals surface area contributed by atoms with Crippen LogP contribution in [0.1, 0.15) is 17.0 Å². The number of hydrogen-bond acceptors (Lipinski definition) is 4. The lowest BCUT2D eigenvalue weighted by molar-refractivity contribution is 0.171. The Morgan fingerprint density at radius 2 is 1.79 bits per heavy atom. The van der Waals surface area contributed by atoms with Gasteiger partial charge in [-0.1, -0.05) is 24.3 Å². The summed E-state index contributed by atoms with van der Waals surface area (Å²) in [5, 5.41) is 0. The van der Waals surface area contributed by atoms with E-state index in [0.717, 1.165) is 6.42 Å². The normalized spacial score (nSPS) is 26.6. The van der Waals surface area contributed by atoms with Gasteiger partial charge >= 0.3 is 0 Å². The summed E-state index contributed by atoms with van der Waals surface area (Å²) in [6.07, 6.45) is 0.954. The number of ether oxygens (including phenoxy) is 2. The third kappa shape index (κ3) is 2.13. The summed E-state index contributed by atoms with van der Waals surface area (Å²) in [7, 11) is -3.56. The molecule has 2 aromatic rings. The van der Waals surface area contributed by atoms with Crippen LogP contribution in [0, 0.1) is 5.92 Å². The minimum absolute atomic E-state index is 0.00176. The molecular weight excluding hydrogens is 326 g/mol. The lowest BCUT2D eigenvalue weighted by Crippen LogP contribution is -2.29. The topological polar surface area (TPSA) is 64.6 Å². The number of rotatable bonds is 3. The van der Waals surface area contributed by atoms with Crippen LogP contribution in [0.25, 0.3) is 0 Å². The van der Waals surface area contributed by atoms with Gasteiger partial charge in [0.1, 0.15) is 13.2 Å². The highest BCUT2D eigenvalue weighted by molar-refractivity contribution is 7.89. The Morgan fingerprint density at radius 3 is 2.67 bits per heavy atom. The average molecular weight is 343 g/mol. The molecule has 3 aliphatic rings. The molecule has 0 saturated heterocycles. The maximum absolute atomic E-state index is 12.7. The van der Waals surface area contributed by atoms with Crippen LogP contribution in [0.3, 0.4) is 0 Å². The minimum Gasteiger partial charge on any atom is -0.486 e. The SMILES string of the molecule is O=S(=O)(NC1C2Cc3ccccc3C21)c1ccc2c(c1)OCCO2. The fourth-order valence-electron chi connectivity index (χ4n) is 3.95. The maximum Gasteiger partial charge on any atom is 0.240 e. The van der Waals surface area contributed by atoms with Crippen LogP contribution in [0.5, 0.6) is 11.5 Å². The van der Waals surface area contributed by atoms with Crippen molar-refractivity contribution in [3.63, 3.8) is 0 Å². The second kappa shape index (κ2) is 4.97. The van der Waals surface area contributed by atoms with Crippen LogP contribution >= 0.6 is 0 Å². The lowest BCUT2D eigenvalue weighted by Gasteiger charge is -2.19. The first-order valence-electron chi connectivity index (χ1n) is 8.13. The molecular formula is C18H17NO4S. The Morgan fingerprint density at radius 1 is 1.00 bits per heavy atom. The third-order valence-electron chi connectivity index (χ3n) is 5.15. The van der Waals surface area contributed by atoms with E-state index in [1.807, 2.05) is 12.1 Å². The zero-order valence-corrected chi connectivity index (χ0v) is 13.8. The summed E-state index contributed by atoms with van der Waals surface area (Å²) in [6.45, 7) is 0.926. The van der Waals surface area contributed by atoms with E-state index in [0.29, 0.717) is 36.5 Å². The fourth-order valence-corrected chi connectivity index (χ4v) is 5.28. The summed E-state index contributed by atoms with van der Waals surface area (Å²) in [5.74, 6) is 1.78. The average Bonchev–Trinajstić information content (AvgIpc) is 3.10. The summed E-state index contributed by atoms with van der Waals surface area (Å²) >= 11 is 0. The highest BCUT2D eigenvalue weighted by atomic mass is 32.2. The first kappa shape index (κ1) is 14.3. The molecule has 1 heterocycles. The zero-order chi connectivity index (χ0) is 16.3. The third-order valence-corrected chi connectivity index (χ3v) is 6.61. The molecule has 0 bridgehead atoms. The van der Waals surface area contributed by atoms with E-state index >= 15 is 0 Å². The largest absolute Gasteiger partial charge is 0.486 e. The van der Waals surface area contributed by atoms with Crippen molar-refractivity contribution in [2.24, 2.45) is 5.92 Å². The van der Waals surface area contributed by atoms with E-state index in [-0.39, 0.29) is 10.9 Å². The second-order valence-electron chi connectivity index (χ2n) is 6.55. The molecule has 1 N–H and O–H groups in total. The number of nitrogens with one attached hydrogen (secondary N) is 1. The van der Waals surface area contributed by atoms with Crippen LogP contribution in [0.15, 0.2) is 47.4 Å². The monoisotopic (exact) mass is 343 g/mol. The van der Waals surface area contributed by atoms with Crippen LogP contribution in [-0.4, -0.2) is 27.7 Å². The number of hydrogen-bond donors (Lipinski definition) is 1. The summed E-state index contributed by atoms with van der Waals surface area (Å²) < 4.78 is 39.2. The quantitative estimate of drug-likeness (QED) is 0.927. The predicted molar refractivity (Wildman–Crippen MR) is 87.9 cm³/mol. The first-order chi connectivity index (χ1) is 11.6. The smallest absolute Gasteiger partial charge is 0.240 e. The molecule has 1 saturated carbocycles. The molecule has 24 heavy (non-hydrogen) atoms. The standard InChI is InChI=1S/C18H17NO4S/c20-24(21,12-5-6-15-16(10-12)23-8-7-22-15)19-18-14-9-11-3-1-2-4-13(11)17(14)18/h1-6,10,14,17-19H,7-9H2. The number of fused-ring (bicyclic) bond motifs is 4. The second-order valence-corrected chi connectivity index (χ2v) is 8.26. The van der Waals surface area contributed by atoms with Crippen molar-refractivity contribution in [2.75, 3.05) is 13.2 Å². The molecule has 0 radical (unpaired) electrons. The van der Waals surface area contributed by atoms with Crippen molar-refractivity contribution >= 4 is 10.0 Å². The molecule has 3 atom stereocenters. The van der Waals surface area contributed by atoms with Gasteiger partial charge in [-0.05, 0) is 35.6 Å². The predicted octanol–water partition coefficient (Wildman–Crippen LogP) is 2.07. The molecule has 1 aliphatic heterocycles. The molecule has 2 aliphatic carbocycles. The highest BCUT2D eigenvalue weighted by Gasteiger charge is 2.56. The van der Waals surface area contributed by atoms with Crippen LogP contribution < -0.4 is 14.2 Å². The first-order valence-corrected chi connectivity index (χ1v) is 9.61. The molecule has 1 fully saturated rings. The van der Waals surface area contributed by atoms with Crippen molar-refractivity contribution in [2.45, 2.75) is 23.3 Å². The van der Waals surface area contributed by atoms with Crippen molar-refractivity contribution in [3.05, 3.63) is 53.6 Å². The molecule has 2 aromatic carbocycles. The minimum atomic E-state index is -3.56.